The van der Waals surface area contributed by atoms with Crippen molar-refractivity contribution in [3.8, 4) is 0 Å². The fourth-order valence-corrected chi connectivity index (χ4v) is 3.68. The molecule has 0 saturated carbocycles. The topological polar surface area (TPSA) is 37.4 Å². The lowest BCUT2D eigenvalue weighted by Gasteiger charge is -2.20. The molecule has 1 aromatic carbocycles. The molecule has 0 radical (unpaired) electrons. The third kappa shape index (κ3) is 2.32. The van der Waals surface area contributed by atoms with Crippen molar-refractivity contribution >= 4 is 10.0 Å². The van der Waals surface area contributed by atoms with Gasteiger partial charge in [-0.1, -0.05) is 0 Å². The molecule has 1 unspecified atom stereocenters. The van der Waals surface area contributed by atoms with Crippen molar-refractivity contribution in [2.45, 2.75) is 30.5 Å². The number of alkyl halides is 1. The third-order valence-corrected chi connectivity index (χ3v) is 4.88. The first kappa shape index (κ1) is 12.4. The van der Waals surface area contributed by atoms with E-state index in [9.17, 15) is 17.2 Å². The monoisotopic (exact) mass is 261 g/mol. The average Bonchev–Trinajstić information content (AvgIpc) is 2.59. The number of halogens is 2. The zero-order valence-electron chi connectivity index (χ0n) is 9.31. The molecular formula is C11H13F2NO2S. The molecule has 0 aromatic heterocycles. The fourth-order valence-electron chi connectivity index (χ4n) is 2.01. The van der Waals surface area contributed by atoms with Gasteiger partial charge in [-0.15, -0.1) is 0 Å². The molecule has 17 heavy (non-hydrogen) atoms. The summed E-state index contributed by atoms with van der Waals surface area (Å²) in [6.07, 6.45) is -0.916. The van der Waals surface area contributed by atoms with Crippen molar-refractivity contribution in [1.29, 1.82) is 0 Å². The van der Waals surface area contributed by atoms with E-state index in [4.69, 9.17) is 0 Å². The molecule has 6 heteroatoms. The van der Waals surface area contributed by atoms with Gasteiger partial charge in [-0.2, -0.15) is 4.31 Å². The molecule has 0 spiro atoms. The normalized spacial score (nSPS) is 26.3. The maximum absolute atomic E-state index is 13.2. The number of nitrogens with zero attached hydrogens (tertiary/aromatic N) is 1. The Bertz CT molecular complexity index is 501. The minimum Gasteiger partial charge on any atom is -0.246 e. The molecule has 1 aliphatic heterocycles. The Balaban J connectivity index is 2.33. The summed E-state index contributed by atoms with van der Waals surface area (Å²) < 4.78 is 51.3. The molecule has 1 aromatic rings. The number of hydrogen-bond acceptors (Lipinski definition) is 2. The Morgan fingerprint density at radius 3 is 2.35 bits per heavy atom. The van der Waals surface area contributed by atoms with Crippen LogP contribution in [0.2, 0.25) is 0 Å². The van der Waals surface area contributed by atoms with Crippen molar-refractivity contribution in [3.63, 3.8) is 0 Å². The van der Waals surface area contributed by atoms with Crippen LogP contribution >= 0.6 is 0 Å². The predicted molar refractivity (Wildman–Crippen MR) is 59.3 cm³/mol. The highest BCUT2D eigenvalue weighted by Crippen LogP contribution is 2.27. The van der Waals surface area contributed by atoms with Crippen LogP contribution in [0.5, 0.6) is 0 Å². The highest BCUT2D eigenvalue weighted by molar-refractivity contribution is 7.89. The summed E-state index contributed by atoms with van der Waals surface area (Å²) in [6.45, 7) is 1.54. The van der Waals surface area contributed by atoms with E-state index in [-0.39, 0.29) is 23.9 Å². The molecule has 2 rings (SSSR count). The highest BCUT2D eigenvalue weighted by Gasteiger charge is 2.37. The van der Waals surface area contributed by atoms with Crippen molar-refractivity contribution in [2.75, 3.05) is 6.54 Å². The molecule has 94 valence electrons. The quantitative estimate of drug-likeness (QED) is 0.816. The van der Waals surface area contributed by atoms with Crippen LogP contribution in [0.3, 0.4) is 0 Å². The Morgan fingerprint density at radius 2 is 1.88 bits per heavy atom. The summed E-state index contributed by atoms with van der Waals surface area (Å²) in [5.41, 5.74) is 0. The van der Waals surface area contributed by atoms with Gasteiger partial charge in [0.2, 0.25) is 10.0 Å². The Hall–Kier alpha value is -1.01. The van der Waals surface area contributed by atoms with Crippen molar-refractivity contribution < 1.29 is 17.2 Å². The fraction of sp³-hybridized carbons (Fsp3) is 0.455. The van der Waals surface area contributed by atoms with Gasteiger partial charge in [0.25, 0.3) is 0 Å². The molecule has 0 N–H and O–H groups in total. The lowest BCUT2D eigenvalue weighted by molar-refractivity contribution is 0.342. The summed E-state index contributed by atoms with van der Waals surface area (Å²) in [6, 6.07) is 4.20. The maximum atomic E-state index is 13.2. The van der Waals surface area contributed by atoms with Crippen LogP contribution in [-0.4, -0.2) is 31.5 Å². The van der Waals surface area contributed by atoms with E-state index in [0.29, 0.717) is 0 Å². The Morgan fingerprint density at radius 1 is 1.29 bits per heavy atom. The summed E-state index contributed by atoms with van der Waals surface area (Å²) in [5.74, 6) is -0.498. The smallest absolute Gasteiger partial charge is 0.243 e. The van der Waals surface area contributed by atoms with E-state index in [1.807, 2.05) is 0 Å². The van der Waals surface area contributed by atoms with Gasteiger partial charge in [0, 0.05) is 12.6 Å². The van der Waals surface area contributed by atoms with Crippen LogP contribution in [0.15, 0.2) is 29.2 Å². The van der Waals surface area contributed by atoms with Crippen LogP contribution < -0.4 is 0 Å². The highest BCUT2D eigenvalue weighted by atomic mass is 32.2. The largest absolute Gasteiger partial charge is 0.246 e. The van der Waals surface area contributed by atoms with Gasteiger partial charge in [-0.05, 0) is 37.6 Å². The Kier molecular flexibility index (Phi) is 3.18. The van der Waals surface area contributed by atoms with Crippen molar-refractivity contribution in [3.05, 3.63) is 30.1 Å². The first-order valence-corrected chi connectivity index (χ1v) is 6.77. The van der Waals surface area contributed by atoms with Crippen LogP contribution in [0.25, 0.3) is 0 Å². The van der Waals surface area contributed by atoms with Crippen molar-refractivity contribution in [2.24, 2.45) is 0 Å². The average molecular weight is 261 g/mol. The van der Waals surface area contributed by atoms with Gasteiger partial charge < -0.3 is 0 Å². The van der Waals surface area contributed by atoms with E-state index in [1.54, 1.807) is 6.92 Å². The first-order chi connectivity index (χ1) is 7.91. The minimum absolute atomic E-state index is 0.000139. The minimum atomic E-state index is -3.71. The Labute approximate surface area is 99.1 Å². The lowest BCUT2D eigenvalue weighted by atomic mass is 10.2. The summed E-state index contributed by atoms with van der Waals surface area (Å²) in [5, 5.41) is 0. The van der Waals surface area contributed by atoms with E-state index >= 15 is 0 Å². The zero-order valence-corrected chi connectivity index (χ0v) is 10.1. The van der Waals surface area contributed by atoms with Crippen LogP contribution in [0.4, 0.5) is 8.78 Å². The standard InChI is InChI=1S/C11H13F2NO2S/c1-8-6-10(13)7-14(8)17(15,16)11-4-2-9(12)3-5-11/h2-5,8,10H,6-7H2,1H3/t8?,10-/m1/s1. The zero-order chi connectivity index (χ0) is 12.6. The summed E-state index contributed by atoms with van der Waals surface area (Å²) in [7, 11) is -3.71. The molecule has 2 atom stereocenters. The van der Waals surface area contributed by atoms with Crippen LogP contribution in [-0.2, 0) is 10.0 Å². The number of rotatable bonds is 2. The second kappa shape index (κ2) is 4.34. The number of hydrogen-bond donors (Lipinski definition) is 0. The van der Waals surface area contributed by atoms with E-state index in [1.165, 1.54) is 12.1 Å². The molecule has 0 amide bonds. The van der Waals surface area contributed by atoms with E-state index in [0.717, 1.165) is 16.4 Å². The van der Waals surface area contributed by atoms with Gasteiger partial charge in [0.1, 0.15) is 12.0 Å². The molecule has 0 aliphatic carbocycles. The molecule has 1 aliphatic rings. The molecule has 1 fully saturated rings. The third-order valence-electron chi connectivity index (χ3n) is 2.89. The van der Waals surface area contributed by atoms with E-state index in [2.05, 4.69) is 0 Å². The predicted octanol–water partition coefficient (Wildman–Crippen LogP) is 1.95. The summed E-state index contributed by atoms with van der Waals surface area (Å²) in [4.78, 5) is -0.000139. The van der Waals surface area contributed by atoms with E-state index < -0.39 is 22.0 Å². The van der Waals surface area contributed by atoms with Crippen LogP contribution in [0, 0.1) is 5.82 Å². The molecule has 1 heterocycles. The van der Waals surface area contributed by atoms with Gasteiger partial charge in [0.15, 0.2) is 0 Å². The second-order valence-corrected chi connectivity index (χ2v) is 6.10. The molecular weight excluding hydrogens is 248 g/mol. The van der Waals surface area contributed by atoms with Gasteiger partial charge in [-0.25, -0.2) is 17.2 Å². The lowest BCUT2D eigenvalue weighted by Crippen LogP contribution is -2.34. The SMILES string of the molecule is CC1C[C@@H](F)CN1S(=O)(=O)c1ccc(F)cc1. The first-order valence-electron chi connectivity index (χ1n) is 5.33. The molecule has 0 bridgehead atoms. The van der Waals surface area contributed by atoms with Crippen LogP contribution in [0.1, 0.15) is 13.3 Å². The second-order valence-electron chi connectivity index (χ2n) is 4.21. The molecule has 1 saturated heterocycles. The van der Waals surface area contributed by atoms with Gasteiger partial charge in [0.05, 0.1) is 4.90 Å². The molecule has 3 nitrogen and oxygen atoms in total. The summed E-state index contributed by atoms with van der Waals surface area (Å²) >= 11 is 0. The van der Waals surface area contributed by atoms with Gasteiger partial charge in [-0.3, -0.25) is 0 Å². The van der Waals surface area contributed by atoms with Crippen molar-refractivity contribution in [1.82, 2.24) is 4.31 Å². The maximum Gasteiger partial charge on any atom is 0.243 e. The number of benzene rings is 1. The van der Waals surface area contributed by atoms with Gasteiger partial charge >= 0.3 is 0 Å². The number of sulfonamides is 1.